The van der Waals surface area contributed by atoms with Crippen LogP contribution in [0.15, 0.2) is 40.8 Å². The van der Waals surface area contributed by atoms with Gasteiger partial charge in [0.2, 0.25) is 0 Å². The molecule has 0 bridgehead atoms. The minimum absolute atomic E-state index is 0.736. The normalized spacial score (nSPS) is 19.8. The maximum Gasteiger partial charge on any atom is 0.134 e. The highest BCUT2D eigenvalue weighted by Gasteiger charge is 2.23. The average molecular weight is 241 g/mol. The second-order valence-electron chi connectivity index (χ2n) is 5.22. The number of hydrogen-bond acceptors (Lipinski definition) is 2. The third kappa shape index (κ3) is 2.21. The quantitative estimate of drug-likeness (QED) is 0.811. The number of likely N-dealkylation sites (tertiary alicyclic amines) is 1. The van der Waals surface area contributed by atoms with Crippen molar-refractivity contribution in [2.45, 2.75) is 32.9 Å². The molecule has 2 heteroatoms. The molecule has 1 aliphatic heterocycles. The molecule has 1 fully saturated rings. The molecular weight excluding hydrogens is 222 g/mol. The Morgan fingerprint density at radius 3 is 2.78 bits per heavy atom. The Kier molecular flexibility index (Phi) is 2.96. The third-order valence-electron chi connectivity index (χ3n) is 3.79. The highest BCUT2D eigenvalue weighted by molar-refractivity contribution is 5.58. The largest absolute Gasteiger partial charge is 0.461 e. The average Bonchev–Trinajstić information content (AvgIpc) is 2.81. The summed E-state index contributed by atoms with van der Waals surface area (Å²) in [5, 5.41) is 0. The molecule has 0 aliphatic carbocycles. The zero-order valence-corrected chi connectivity index (χ0v) is 11.0. The summed E-state index contributed by atoms with van der Waals surface area (Å²) >= 11 is 0. The van der Waals surface area contributed by atoms with Crippen LogP contribution in [0.4, 0.5) is 0 Å². The van der Waals surface area contributed by atoms with Gasteiger partial charge in [-0.2, -0.15) is 0 Å². The lowest BCUT2D eigenvalue weighted by atomic mass is 10.0. The Bertz CT molecular complexity index is 544. The lowest BCUT2D eigenvalue weighted by Crippen LogP contribution is -2.44. The molecule has 2 heterocycles. The first-order chi connectivity index (χ1) is 8.72. The molecule has 0 spiro atoms. The minimum Gasteiger partial charge on any atom is -0.461 e. The van der Waals surface area contributed by atoms with Crippen molar-refractivity contribution in [3.63, 3.8) is 0 Å². The molecule has 0 radical (unpaired) electrons. The van der Waals surface area contributed by atoms with E-state index in [4.69, 9.17) is 4.42 Å². The van der Waals surface area contributed by atoms with Gasteiger partial charge in [0.15, 0.2) is 0 Å². The first-order valence-corrected chi connectivity index (χ1v) is 6.62. The van der Waals surface area contributed by atoms with E-state index in [0.29, 0.717) is 0 Å². The molecule has 1 atom stereocenters. The van der Waals surface area contributed by atoms with Gasteiger partial charge in [0, 0.05) is 24.7 Å². The lowest BCUT2D eigenvalue weighted by molar-refractivity contribution is 0.0959. The molecule has 0 N–H and O–H groups in total. The van der Waals surface area contributed by atoms with Crippen LogP contribution in [0.1, 0.15) is 24.7 Å². The summed E-state index contributed by atoms with van der Waals surface area (Å²) in [6.07, 6.45) is 1.33. The zero-order valence-electron chi connectivity index (χ0n) is 11.0. The number of aryl methyl sites for hydroxylation is 1. The Balaban J connectivity index is 1.80. The second-order valence-corrected chi connectivity index (χ2v) is 5.22. The van der Waals surface area contributed by atoms with Crippen LogP contribution in [-0.2, 0) is 6.54 Å². The summed E-state index contributed by atoms with van der Waals surface area (Å²) < 4.78 is 5.68. The molecule has 1 unspecified atom stereocenters. The van der Waals surface area contributed by atoms with E-state index in [2.05, 4.69) is 36.1 Å². The van der Waals surface area contributed by atoms with Crippen molar-refractivity contribution in [1.82, 2.24) is 4.90 Å². The number of hydrogen-bond donors (Lipinski definition) is 0. The van der Waals surface area contributed by atoms with Gasteiger partial charge < -0.3 is 4.42 Å². The predicted molar refractivity (Wildman–Crippen MR) is 73.4 cm³/mol. The Morgan fingerprint density at radius 2 is 2.17 bits per heavy atom. The van der Waals surface area contributed by atoms with E-state index < -0.39 is 0 Å². The van der Waals surface area contributed by atoms with E-state index in [0.717, 1.165) is 24.1 Å². The molecule has 3 rings (SSSR count). The van der Waals surface area contributed by atoms with Crippen molar-refractivity contribution in [3.8, 4) is 11.3 Å². The topological polar surface area (TPSA) is 16.4 Å². The van der Waals surface area contributed by atoms with Crippen LogP contribution in [-0.4, -0.2) is 17.5 Å². The van der Waals surface area contributed by atoms with Crippen LogP contribution < -0.4 is 0 Å². The van der Waals surface area contributed by atoms with Crippen LogP contribution in [0.25, 0.3) is 11.3 Å². The van der Waals surface area contributed by atoms with Crippen LogP contribution in [0, 0.1) is 6.92 Å². The van der Waals surface area contributed by atoms with E-state index in [-0.39, 0.29) is 0 Å². The van der Waals surface area contributed by atoms with Crippen molar-refractivity contribution < 1.29 is 4.42 Å². The minimum atomic E-state index is 0.736. The molecule has 18 heavy (non-hydrogen) atoms. The van der Waals surface area contributed by atoms with Gasteiger partial charge >= 0.3 is 0 Å². The zero-order chi connectivity index (χ0) is 12.5. The fourth-order valence-corrected chi connectivity index (χ4v) is 2.45. The lowest BCUT2D eigenvalue weighted by Gasteiger charge is -2.38. The molecule has 1 aromatic heterocycles. The van der Waals surface area contributed by atoms with Crippen molar-refractivity contribution in [1.29, 1.82) is 0 Å². The molecule has 1 aromatic carbocycles. The Hall–Kier alpha value is -1.54. The summed E-state index contributed by atoms with van der Waals surface area (Å²) in [4.78, 5) is 2.51. The molecule has 2 aromatic rings. The van der Waals surface area contributed by atoms with Gasteiger partial charge in [0.25, 0.3) is 0 Å². The van der Waals surface area contributed by atoms with E-state index in [9.17, 15) is 0 Å². The van der Waals surface area contributed by atoms with Crippen molar-refractivity contribution in [2.75, 3.05) is 6.54 Å². The fourth-order valence-electron chi connectivity index (χ4n) is 2.45. The Labute approximate surface area is 108 Å². The van der Waals surface area contributed by atoms with Gasteiger partial charge in [-0.3, -0.25) is 4.90 Å². The summed E-state index contributed by atoms with van der Waals surface area (Å²) in [6, 6.07) is 13.5. The molecule has 2 nitrogen and oxygen atoms in total. The summed E-state index contributed by atoms with van der Waals surface area (Å²) in [5.74, 6) is 1.93. The maximum absolute atomic E-state index is 5.68. The number of rotatable bonds is 3. The Morgan fingerprint density at radius 1 is 1.28 bits per heavy atom. The van der Waals surface area contributed by atoms with E-state index in [1.165, 1.54) is 24.1 Å². The van der Waals surface area contributed by atoms with E-state index in [1.807, 2.05) is 19.1 Å². The van der Waals surface area contributed by atoms with E-state index >= 15 is 0 Å². The van der Waals surface area contributed by atoms with E-state index in [1.54, 1.807) is 0 Å². The first kappa shape index (κ1) is 11.5. The molecule has 1 saturated heterocycles. The van der Waals surface area contributed by atoms with Gasteiger partial charge in [0.1, 0.15) is 11.5 Å². The smallest absolute Gasteiger partial charge is 0.134 e. The van der Waals surface area contributed by atoms with Gasteiger partial charge in [-0.05, 0) is 44.0 Å². The number of nitrogens with zero attached hydrogens (tertiary/aromatic N) is 1. The van der Waals surface area contributed by atoms with Crippen LogP contribution in [0.2, 0.25) is 0 Å². The fraction of sp³-hybridized carbons (Fsp3) is 0.375. The summed E-state index contributed by atoms with van der Waals surface area (Å²) in [6.45, 7) is 6.55. The highest BCUT2D eigenvalue weighted by Crippen LogP contribution is 2.25. The first-order valence-electron chi connectivity index (χ1n) is 6.62. The molecule has 0 saturated carbocycles. The van der Waals surface area contributed by atoms with Crippen molar-refractivity contribution >= 4 is 0 Å². The molecule has 94 valence electrons. The summed E-state index contributed by atoms with van der Waals surface area (Å²) in [7, 11) is 0. The highest BCUT2D eigenvalue weighted by atomic mass is 16.3. The SMILES string of the molecule is Cc1ccc(-c2cccc(CN3CCC3C)c2)o1. The predicted octanol–water partition coefficient (Wildman–Crippen LogP) is 3.85. The van der Waals surface area contributed by atoms with Gasteiger partial charge in [-0.1, -0.05) is 18.2 Å². The van der Waals surface area contributed by atoms with Crippen molar-refractivity contribution in [3.05, 3.63) is 47.7 Å². The monoisotopic (exact) mass is 241 g/mol. The van der Waals surface area contributed by atoms with Gasteiger partial charge in [0.05, 0.1) is 0 Å². The summed E-state index contributed by atoms with van der Waals surface area (Å²) in [5.41, 5.74) is 2.54. The van der Waals surface area contributed by atoms with Crippen LogP contribution >= 0.6 is 0 Å². The maximum atomic E-state index is 5.68. The number of furan rings is 1. The number of benzene rings is 1. The molecule has 0 amide bonds. The standard InChI is InChI=1S/C16H19NO/c1-12-8-9-17(12)11-14-4-3-5-15(10-14)16-7-6-13(2)18-16/h3-7,10,12H,8-9,11H2,1-2H3. The van der Waals surface area contributed by atoms with Gasteiger partial charge in [-0.25, -0.2) is 0 Å². The van der Waals surface area contributed by atoms with Crippen LogP contribution in [0.3, 0.4) is 0 Å². The van der Waals surface area contributed by atoms with Gasteiger partial charge in [-0.15, -0.1) is 0 Å². The van der Waals surface area contributed by atoms with Crippen LogP contribution in [0.5, 0.6) is 0 Å². The second kappa shape index (κ2) is 4.62. The third-order valence-corrected chi connectivity index (χ3v) is 3.79. The molecule has 1 aliphatic rings. The molecular formula is C16H19NO. The van der Waals surface area contributed by atoms with Crippen molar-refractivity contribution in [2.24, 2.45) is 0 Å².